The molecular formula is C17H22N2O. The Bertz CT molecular complexity index is 547. The van der Waals surface area contributed by atoms with Crippen LogP contribution in [0.1, 0.15) is 48.3 Å². The van der Waals surface area contributed by atoms with Crippen molar-refractivity contribution in [2.45, 2.75) is 45.1 Å². The largest absolute Gasteiger partial charge is 0.361 e. The zero-order valence-corrected chi connectivity index (χ0v) is 12.1. The second kappa shape index (κ2) is 6.23. The van der Waals surface area contributed by atoms with Crippen molar-refractivity contribution in [3.63, 3.8) is 0 Å². The van der Waals surface area contributed by atoms with E-state index in [1.54, 1.807) is 0 Å². The Kier molecular flexibility index (Phi) is 4.16. The zero-order valence-electron chi connectivity index (χ0n) is 12.1. The highest BCUT2D eigenvalue weighted by molar-refractivity contribution is 5.31. The highest BCUT2D eigenvalue weighted by Crippen LogP contribution is 2.34. The van der Waals surface area contributed by atoms with E-state index in [2.05, 4.69) is 47.7 Å². The third-order valence-corrected chi connectivity index (χ3v) is 4.11. The highest BCUT2D eigenvalue weighted by atomic mass is 16.5. The van der Waals surface area contributed by atoms with Gasteiger partial charge in [-0.3, -0.25) is 0 Å². The van der Waals surface area contributed by atoms with Crippen LogP contribution in [0.25, 0.3) is 0 Å². The summed E-state index contributed by atoms with van der Waals surface area (Å²) in [5, 5.41) is 7.68. The minimum Gasteiger partial charge on any atom is -0.361 e. The summed E-state index contributed by atoms with van der Waals surface area (Å²) in [6, 6.07) is 10.8. The minimum absolute atomic E-state index is 0.605. The first-order valence-electron chi connectivity index (χ1n) is 7.60. The van der Waals surface area contributed by atoms with Crippen LogP contribution in [0.5, 0.6) is 0 Å². The lowest BCUT2D eigenvalue weighted by Crippen LogP contribution is -2.17. The maximum absolute atomic E-state index is 5.51. The number of rotatable bonds is 5. The van der Waals surface area contributed by atoms with Crippen molar-refractivity contribution in [1.29, 1.82) is 0 Å². The molecule has 0 saturated heterocycles. The number of aryl methyl sites for hydroxylation is 1. The number of aromatic nitrogens is 1. The van der Waals surface area contributed by atoms with Gasteiger partial charge in [-0.25, -0.2) is 0 Å². The van der Waals surface area contributed by atoms with Gasteiger partial charge >= 0.3 is 0 Å². The van der Waals surface area contributed by atoms with E-state index >= 15 is 0 Å². The molecule has 0 fully saturated rings. The molecule has 1 aromatic carbocycles. The zero-order chi connectivity index (χ0) is 13.8. The van der Waals surface area contributed by atoms with Gasteiger partial charge in [0.25, 0.3) is 0 Å². The lowest BCUT2D eigenvalue weighted by atomic mass is 9.82. The fourth-order valence-electron chi connectivity index (χ4n) is 3.00. The Morgan fingerprint density at radius 1 is 1.30 bits per heavy atom. The van der Waals surface area contributed by atoms with Crippen LogP contribution in [-0.4, -0.2) is 11.7 Å². The summed E-state index contributed by atoms with van der Waals surface area (Å²) < 4.78 is 5.51. The van der Waals surface area contributed by atoms with E-state index in [0.29, 0.717) is 5.92 Å². The molecule has 1 N–H and O–H groups in total. The average molecular weight is 270 g/mol. The molecule has 2 aromatic rings. The lowest BCUT2D eigenvalue weighted by Gasteiger charge is -2.21. The Balaban J connectivity index is 1.74. The summed E-state index contributed by atoms with van der Waals surface area (Å²) in [4.78, 5) is 0. The Hall–Kier alpha value is -1.61. The van der Waals surface area contributed by atoms with Crippen molar-refractivity contribution in [3.05, 3.63) is 52.9 Å². The van der Waals surface area contributed by atoms with Gasteiger partial charge in [0.05, 0.1) is 0 Å². The number of hydrogen-bond donors (Lipinski definition) is 1. The number of benzene rings is 1. The van der Waals surface area contributed by atoms with Crippen LogP contribution in [0.2, 0.25) is 0 Å². The minimum atomic E-state index is 0.605. The van der Waals surface area contributed by atoms with Gasteiger partial charge in [0.2, 0.25) is 0 Å². The van der Waals surface area contributed by atoms with Crippen molar-refractivity contribution in [2.24, 2.45) is 0 Å². The fraction of sp³-hybridized carbons (Fsp3) is 0.471. The van der Waals surface area contributed by atoms with E-state index in [1.165, 1.54) is 11.1 Å². The third kappa shape index (κ3) is 2.78. The van der Waals surface area contributed by atoms with Crippen molar-refractivity contribution >= 4 is 0 Å². The first kappa shape index (κ1) is 13.4. The molecule has 3 rings (SSSR count). The molecule has 0 bridgehead atoms. The van der Waals surface area contributed by atoms with Gasteiger partial charge in [0.1, 0.15) is 11.5 Å². The molecule has 0 radical (unpaired) electrons. The second-order valence-corrected chi connectivity index (χ2v) is 5.56. The smallest absolute Gasteiger partial charge is 0.140 e. The molecule has 1 atom stereocenters. The molecule has 106 valence electrons. The number of nitrogens with one attached hydrogen (secondary N) is 1. The Labute approximate surface area is 120 Å². The molecule has 0 spiro atoms. The summed E-state index contributed by atoms with van der Waals surface area (Å²) in [6.07, 6.45) is 4.38. The highest BCUT2D eigenvalue weighted by Gasteiger charge is 2.26. The molecule has 1 heterocycles. The van der Waals surface area contributed by atoms with Gasteiger partial charge in [-0.2, -0.15) is 0 Å². The SMILES string of the molecule is CCCNCc1noc2c1CC(c1ccccc1)CC2. The predicted octanol–water partition coefficient (Wildman–Crippen LogP) is 3.45. The van der Waals surface area contributed by atoms with Gasteiger partial charge in [-0.05, 0) is 37.3 Å². The predicted molar refractivity (Wildman–Crippen MR) is 79.7 cm³/mol. The van der Waals surface area contributed by atoms with Crippen LogP contribution >= 0.6 is 0 Å². The van der Waals surface area contributed by atoms with E-state index in [-0.39, 0.29) is 0 Å². The van der Waals surface area contributed by atoms with Crippen LogP contribution in [0.3, 0.4) is 0 Å². The average Bonchev–Trinajstić information content (AvgIpc) is 2.91. The normalized spacial score (nSPS) is 17.9. The quantitative estimate of drug-likeness (QED) is 0.846. The van der Waals surface area contributed by atoms with Gasteiger partial charge in [-0.15, -0.1) is 0 Å². The van der Waals surface area contributed by atoms with E-state index in [1.807, 2.05) is 0 Å². The van der Waals surface area contributed by atoms with Crippen LogP contribution < -0.4 is 5.32 Å². The van der Waals surface area contributed by atoms with Crippen LogP contribution in [0.15, 0.2) is 34.9 Å². The second-order valence-electron chi connectivity index (χ2n) is 5.56. The molecule has 0 saturated carbocycles. The van der Waals surface area contributed by atoms with Crippen LogP contribution in [0.4, 0.5) is 0 Å². The summed E-state index contributed by atoms with van der Waals surface area (Å²) in [5.74, 6) is 1.71. The van der Waals surface area contributed by atoms with E-state index in [0.717, 1.165) is 50.2 Å². The molecule has 20 heavy (non-hydrogen) atoms. The molecule has 3 heteroatoms. The van der Waals surface area contributed by atoms with Gasteiger partial charge in [0, 0.05) is 18.5 Å². The van der Waals surface area contributed by atoms with Gasteiger partial charge < -0.3 is 9.84 Å². The van der Waals surface area contributed by atoms with Crippen LogP contribution in [0, 0.1) is 0 Å². The molecule has 1 aliphatic rings. The number of hydrogen-bond acceptors (Lipinski definition) is 3. The van der Waals surface area contributed by atoms with Gasteiger partial charge in [-0.1, -0.05) is 42.4 Å². The first-order chi connectivity index (χ1) is 9.88. The summed E-state index contributed by atoms with van der Waals surface area (Å²) in [5.41, 5.74) is 3.88. The van der Waals surface area contributed by atoms with Crippen molar-refractivity contribution in [3.8, 4) is 0 Å². The summed E-state index contributed by atoms with van der Waals surface area (Å²) in [7, 11) is 0. The van der Waals surface area contributed by atoms with Crippen LogP contribution in [-0.2, 0) is 19.4 Å². The maximum Gasteiger partial charge on any atom is 0.140 e. The lowest BCUT2D eigenvalue weighted by molar-refractivity contribution is 0.361. The summed E-state index contributed by atoms with van der Waals surface area (Å²) >= 11 is 0. The standard InChI is InChI=1S/C17H22N2O/c1-2-10-18-12-16-15-11-14(8-9-17(15)20-19-16)13-6-4-3-5-7-13/h3-7,14,18H,2,8-12H2,1H3. The molecule has 0 amide bonds. The number of nitrogens with zero attached hydrogens (tertiary/aromatic N) is 1. The van der Waals surface area contributed by atoms with Gasteiger partial charge in [0.15, 0.2) is 0 Å². The molecule has 1 unspecified atom stereocenters. The Morgan fingerprint density at radius 2 is 2.15 bits per heavy atom. The molecule has 3 nitrogen and oxygen atoms in total. The van der Waals surface area contributed by atoms with E-state index in [9.17, 15) is 0 Å². The fourth-order valence-corrected chi connectivity index (χ4v) is 3.00. The first-order valence-corrected chi connectivity index (χ1v) is 7.60. The maximum atomic E-state index is 5.51. The number of fused-ring (bicyclic) bond motifs is 1. The van der Waals surface area contributed by atoms with Crippen molar-refractivity contribution in [2.75, 3.05) is 6.54 Å². The molecule has 1 aromatic heterocycles. The molecule has 1 aliphatic carbocycles. The third-order valence-electron chi connectivity index (χ3n) is 4.11. The Morgan fingerprint density at radius 3 is 2.95 bits per heavy atom. The topological polar surface area (TPSA) is 38.1 Å². The van der Waals surface area contributed by atoms with E-state index < -0.39 is 0 Å². The van der Waals surface area contributed by atoms with Crippen molar-refractivity contribution in [1.82, 2.24) is 10.5 Å². The van der Waals surface area contributed by atoms with E-state index in [4.69, 9.17) is 4.52 Å². The molecule has 0 aliphatic heterocycles. The monoisotopic (exact) mass is 270 g/mol. The summed E-state index contributed by atoms with van der Waals surface area (Å²) in [6.45, 7) is 4.04. The molecular weight excluding hydrogens is 248 g/mol. The van der Waals surface area contributed by atoms with Crippen molar-refractivity contribution < 1.29 is 4.52 Å².